The van der Waals surface area contributed by atoms with Gasteiger partial charge in [-0.05, 0) is 12.1 Å². The van der Waals surface area contributed by atoms with Gasteiger partial charge in [0.25, 0.3) is 0 Å². The van der Waals surface area contributed by atoms with Crippen molar-refractivity contribution in [1.82, 2.24) is 4.90 Å². The molecule has 1 saturated heterocycles. The topological polar surface area (TPSA) is 47.7 Å². The Labute approximate surface area is 100 Å². The number of rotatable bonds is 4. The average Bonchev–Trinajstić information content (AvgIpc) is 2.33. The molecular formula is C12H17FN2O2. The lowest BCUT2D eigenvalue weighted by Crippen LogP contribution is -2.38. The highest BCUT2D eigenvalue weighted by Gasteiger charge is 2.10. The molecule has 1 fully saturated rings. The molecule has 4 nitrogen and oxygen atoms in total. The van der Waals surface area contributed by atoms with E-state index in [9.17, 15) is 4.39 Å². The second-order valence-electron chi connectivity index (χ2n) is 3.98. The van der Waals surface area contributed by atoms with Crippen molar-refractivity contribution in [3.05, 3.63) is 24.0 Å². The van der Waals surface area contributed by atoms with Crippen LogP contribution in [-0.4, -0.2) is 44.4 Å². The fraction of sp³-hybridized carbons (Fsp3) is 0.500. The molecule has 1 aromatic carbocycles. The fourth-order valence-electron chi connectivity index (χ4n) is 1.76. The predicted molar refractivity (Wildman–Crippen MR) is 63.6 cm³/mol. The maximum atomic E-state index is 12.8. The van der Waals surface area contributed by atoms with E-state index in [4.69, 9.17) is 15.2 Å². The highest BCUT2D eigenvalue weighted by atomic mass is 19.1. The first-order valence-electron chi connectivity index (χ1n) is 5.73. The van der Waals surface area contributed by atoms with Crippen LogP contribution in [0.4, 0.5) is 10.1 Å². The van der Waals surface area contributed by atoms with Gasteiger partial charge in [-0.1, -0.05) is 0 Å². The van der Waals surface area contributed by atoms with Gasteiger partial charge in [0.2, 0.25) is 0 Å². The van der Waals surface area contributed by atoms with Crippen molar-refractivity contribution in [3.63, 3.8) is 0 Å². The van der Waals surface area contributed by atoms with Crippen LogP contribution in [-0.2, 0) is 4.74 Å². The Morgan fingerprint density at radius 1 is 1.35 bits per heavy atom. The number of morpholine rings is 1. The summed E-state index contributed by atoms with van der Waals surface area (Å²) in [6.45, 7) is 4.80. The Hall–Kier alpha value is -1.33. The number of benzene rings is 1. The van der Waals surface area contributed by atoms with Crippen LogP contribution in [0.25, 0.3) is 0 Å². The summed E-state index contributed by atoms with van der Waals surface area (Å²) in [4.78, 5) is 2.27. The molecule has 2 rings (SSSR count). The monoisotopic (exact) mass is 240 g/mol. The maximum Gasteiger partial charge on any atom is 0.142 e. The number of nitrogens with zero attached hydrogens (tertiary/aromatic N) is 1. The second kappa shape index (κ2) is 5.84. The van der Waals surface area contributed by atoms with E-state index in [0.717, 1.165) is 32.8 Å². The summed E-state index contributed by atoms with van der Waals surface area (Å²) in [5.74, 6) is 0.197. The van der Waals surface area contributed by atoms with Gasteiger partial charge < -0.3 is 15.2 Å². The molecule has 0 bridgehead atoms. The summed E-state index contributed by atoms with van der Waals surface area (Å²) in [6.07, 6.45) is 0. The first-order valence-corrected chi connectivity index (χ1v) is 5.73. The van der Waals surface area contributed by atoms with Crippen molar-refractivity contribution >= 4 is 5.69 Å². The van der Waals surface area contributed by atoms with E-state index in [1.165, 1.54) is 12.1 Å². The minimum atomic E-state index is -0.344. The first-order chi connectivity index (χ1) is 8.25. The fourth-order valence-corrected chi connectivity index (χ4v) is 1.76. The number of hydrogen-bond donors (Lipinski definition) is 1. The lowest BCUT2D eigenvalue weighted by Gasteiger charge is -2.26. The molecule has 1 aliphatic rings. The van der Waals surface area contributed by atoms with Crippen LogP contribution in [0.5, 0.6) is 5.75 Å². The molecule has 1 aliphatic heterocycles. The van der Waals surface area contributed by atoms with Crippen LogP contribution < -0.4 is 10.5 Å². The molecule has 0 radical (unpaired) electrons. The van der Waals surface area contributed by atoms with Crippen molar-refractivity contribution in [2.75, 3.05) is 45.2 Å². The first kappa shape index (κ1) is 12.1. The number of halogens is 1. The molecule has 2 N–H and O–H groups in total. The minimum Gasteiger partial charge on any atom is -0.490 e. The van der Waals surface area contributed by atoms with Gasteiger partial charge in [0.1, 0.15) is 18.2 Å². The van der Waals surface area contributed by atoms with E-state index in [-0.39, 0.29) is 5.82 Å². The molecule has 0 spiro atoms. The summed E-state index contributed by atoms with van der Waals surface area (Å²) in [5.41, 5.74) is 5.98. The van der Waals surface area contributed by atoms with Crippen LogP contribution in [0.3, 0.4) is 0 Å². The quantitative estimate of drug-likeness (QED) is 0.801. The number of nitrogens with two attached hydrogens (primary N) is 1. The Morgan fingerprint density at radius 2 is 2.12 bits per heavy atom. The largest absolute Gasteiger partial charge is 0.490 e. The number of ether oxygens (including phenoxy) is 2. The summed E-state index contributed by atoms with van der Waals surface area (Å²) >= 11 is 0. The van der Waals surface area contributed by atoms with Gasteiger partial charge in [0.05, 0.1) is 18.9 Å². The van der Waals surface area contributed by atoms with Gasteiger partial charge in [0, 0.05) is 25.7 Å². The summed E-state index contributed by atoms with van der Waals surface area (Å²) in [6, 6.07) is 4.18. The van der Waals surface area contributed by atoms with Crippen LogP contribution >= 0.6 is 0 Å². The van der Waals surface area contributed by atoms with E-state index in [0.29, 0.717) is 18.0 Å². The van der Waals surface area contributed by atoms with Crippen LogP contribution in [0, 0.1) is 5.82 Å². The SMILES string of the molecule is Nc1cc(F)ccc1OCCN1CCOCC1. The van der Waals surface area contributed by atoms with E-state index in [1.807, 2.05) is 0 Å². The van der Waals surface area contributed by atoms with E-state index < -0.39 is 0 Å². The zero-order valence-corrected chi connectivity index (χ0v) is 9.69. The molecule has 94 valence electrons. The Bertz CT molecular complexity index is 368. The van der Waals surface area contributed by atoms with E-state index in [2.05, 4.69) is 4.90 Å². The van der Waals surface area contributed by atoms with Crippen LogP contribution in [0.1, 0.15) is 0 Å². The molecule has 1 aromatic rings. The molecule has 0 atom stereocenters. The van der Waals surface area contributed by atoms with Crippen molar-refractivity contribution < 1.29 is 13.9 Å². The van der Waals surface area contributed by atoms with Gasteiger partial charge in [-0.15, -0.1) is 0 Å². The van der Waals surface area contributed by atoms with Crippen LogP contribution in [0.15, 0.2) is 18.2 Å². The third-order valence-corrected chi connectivity index (χ3v) is 2.74. The number of nitrogen functional groups attached to an aromatic ring is 1. The molecule has 17 heavy (non-hydrogen) atoms. The van der Waals surface area contributed by atoms with Gasteiger partial charge in [-0.3, -0.25) is 4.90 Å². The smallest absolute Gasteiger partial charge is 0.142 e. The van der Waals surface area contributed by atoms with Gasteiger partial charge in [-0.25, -0.2) is 4.39 Å². The molecule has 0 aromatic heterocycles. The molecule has 5 heteroatoms. The average molecular weight is 240 g/mol. The predicted octanol–water partition coefficient (Wildman–Crippen LogP) is 1.12. The third-order valence-electron chi connectivity index (χ3n) is 2.74. The highest BCUT2D eigenvalue weighted by molar-refractivity contribution is 5.52. The van der Waals surface area contributed by atoms with Crippen molar-refractivity contribution in [1.29, 1.82) is 0 Å². The molecule has 1 heterocycles. The van der Waals surface area contributed by atoms with E-state index >= 15 is 0 Å². The maximum absolute atomic E-state index is 12.8. The normalized spacial score (nSPS) is 17.0. The molecular weight excluding hydrogens is 223 g/mol. The number of hydrogen-bond acceptors (Lipinski definition) is 4. The molecule has 0 unspecified atom stereocenters. The minimum absolute atomic E-state index is 0.340. The molecule has 0 amide bonds. The second-order valence-corrected chi connectivity index (χ2v) is 3.98. The lowest BCUT2D eigenvalue weighted by molar-refractivity contribution is 0.0323. The Morgan fingerprint density at radius 3 is 2.82 bits per heavy atom. The van der Waals surface area contributed by atoms with E-state index in [1.54, 1.807) is 6.07 Å². The van der Waals surface area contributed by atoms with Crippen molar-refractivity contribution in [2.45, 2.75) is 0 Å². The van der Waals surface area contributed by atoms with Gasteiger partial charge in [-0.2, -0.15) is 0 Å². The summed E-state index contributed by atoms with van der Waals surface area (Å²) in [7, 11) is 0. The Kier molecular flexibility index (Phi) is 4.17. The van der Waals surface area contributed by atoms with Crippen molar-refractivity contribution in [2.24, 2.45) is 0 Å². The zero-order chi connectivity index (χ0) is 12.1. The number of anilines is 1. The Balaban J connectivity index is 1.77. The lowest BCUT2D eigenvalue weighted by atomic mass is 10.3. The molecule has 0 aliphatic carbocycles. The third kappa shape index (κ3) is 3.57. The van der Waals surface area contributed by atoms with Crippen molar-refractivity contribution in [3.8, 4) is 5.75 Å². The standard InChI is InChI=1S/C12H17FN2O2/c13-10-1-2-12(11(14)9-10)17-8-5-15-3-6-16-7-4-15/h1-2,9H,3-8,14H2. The molecule has 0 saturated carbocycles. The zero-order valence-electron chi connectivity index (χ0n) is 9.69. The van der Waals surface area contributed by atoms with Gasteiger partial charge in [0.15, 0.2) is 0 Å². The summed E-state index contributed by atoms with van der Waals surface area (Å²) in [5, 5.41) is 0. The van der Waals surface area contributed by atoms with Gasteiger partial charge >= 0.3 is 0 Å². The van der Waals surface area contributed by atoms with Crippen LogP contribution in [0.2, 0.25) is 0 Å². The summed E-state index contributed by atoms with van der Waals surface area (Å²) < 4.78 is 23.6. The highest BCUT2D eigenvalue weighted by Crippen LogP contribution is 2.21.